The molecule has 258 valence electrons. The van der Waals surface area contributed by atoms with Crippen LogP contribution in [0.3, 0.4) is 0 Å². The Morgan fingerprint density at radius 1 is 1.13 bits per heavy atom. The molecule has 1 aliphatic heterocycles. The Balaban J connectivity index is 1.43. The van der Waals surface area contributed by atoms with Gasteiger partial charge in [-0.05, 0) is 91.3 Å². The van der Waals surface area contributed by atoms with E-state index in [9.17, 15) is 9.90 Å². The van der Waals surface area contributed by atoms with E-state index >= 15 is 0 Å². The highest BCUT2D eigenvalue weighted by Gasteiger charge is 2.72. The number of ether oxygens (including phenoxy) is 2. The van der Waals surface area contributed by atoms with E-state index in [0.29, 0.717) is 43.5 Å². The van der Waals surface area contributed by atoms with Crippen LogP contribution < -0.4 is 5.73 Å². The second-order valence-electron chi connectivity index (χ2n) is 18.4. The van der Waals surface area contributed by atoms with Gasteiger partial charge < -0.3 is 20.3 Å². The number of rotatable bonds is 8. The number of hydrogen-bond acceptors (Lipinski definition) is 6. The molecule has 46 heavy (non-hydrogen) atoms. The van der Waals surface area contributed by atoms with Gasteiger partial charge in [0, 0.05) is 16.4 Å². The maximum atomic E-state index is 13.4. The van der Waals surface area contributed by atoms with E-state index < -0.39 is 17.4 Å². The van der Waals surface area contributed by atoms with Crippen molar-refractivity contribution in [3.8, 4) is 0 Å². The number of carboxylic acid groups (broad SMARTS) is 1. The van der Waals surface area contributed by atoms with Gasteiger partial charge in [0.05, 0.1) is 37.9 Å². The van der Waals surface area contributed by atoms with Crippen LogP contribution in [0.15, 0.2) is 24.3 Å². The summed E-state index contributed by atoms with van der Waals surface area (Å²) in [5.41, 5.74) is 6.79. The lowest BCUT2D eigenvalue weighted by atomic mass is 9.34. The molecule has 4 aliphatic carbocycles. The van der Waals surface area contributed by atoms with E-state index in [-0.39, 0.29) is 45.1 Å². The van der Waals surface area contributed by atoms with Gasteiger partial charge in [0.25, 0.3) is 0 Å². The third-order valence-electron chi connectivity index (χ3n) is 15.8. The molecule has 1 unspecified atom stereocenters. The van der Waals surface area contributed by atoms with Crippen molar-refractivity contribution in [3.63, 3.8) is 0 Å². The summed E-state index contributed by atoms with van der Waals surface area (Å²) in [7, 11) is 0. The molecule has 0 amide bonds. The molecule has 2 heterocycles. The van der Waals surface area contributed by atoms with E-state index in [0.717, 1.165) is 38.5 Å². The Hall–Kier alpha value is -1.77. The van der Waals surface area contributed by atoms with Crippen LogP contribution in [0, 0.1) is 62.6 Å². The second kappa shape index (κ2) is 11.1. The molecule has 0 spiro atoms. The summed E-state index contributed by atoms with van der Waals surface area (Å²) in [6.07, 6.45) is 11.8. The van der Waals surface area contributed by atoms with Gasteiger partial charge in [0.2, 0.25) is 0 Å². The highest BCUT2D eigenvalue weighted by molar-refractivity contribution is 5.73. The maximum Gasteiger partial charge on any atom is 0.307 e. The Morgan fingerprint density at radius 2 is 1.85 bits per heavy atom. The van der Waals surface area contributed by atoms with Crippen LogP contribution in [-0.4, -0.2) is 57.3 Å². The van der Waals surface area contributed by atoms with Gasteiger partial charge in [-0.15, -0.1) is 0 Å². The molecule has 8 heteroatoms. The minimum atomic E-state index is -0.613. The van der Waals surface area contributed by atoms with Gasteiger partial charge in [0.15, 0.2) is 0 Å². The molecule has 5 aliphatic rings. The third-order valence-corrected chi connectivity index (χ3v) is 15.8. The van der Waals surface area contributed by atoms with Crippen LogP contribution in [0.1, 0.15) is 114 Å². The minimum absolute atomic E-state index is 0.00434. The summed E-state index contributed by atoms with van der Waals surface area (Å²) in [5.74, 6) is 0.771. The van der Waals surface area contributed by atoms with Gasteiger partial charge >= 0.3 is 5.97 Å². The molecule has 8 nitrogen and oxygen atoms in total. The van der Waals surface area contributed by atoms with Crippen LogP contribution >= 0.6 is 0 Å². The molecule has 3 saturated carbocycles. The number of hydrogen-bond donors (Lipinski definition) is 2. The van der Waals surface area contributed by atoms with Gasteiger partial charge in [-0.3, -0.25) is 4.79 Å². The Kier molecular flexibility index (Phi) is 8.25. The fourth-order valence-electron chi connectivity index (χ4n) is 12.0. The van der Waals surface area contributed by atoms with Gasteiger partial charge in [-0.1, -0.05) is 74.0 Å². The first-order chi connectivity index (χ1) is 21.4. The zero-order valence-corrected chi connectivity index (χ0v) is 30.3. The van der Waals surface area contributed by atoms with Crippen LogP contribution in [0.25, 0.3) is 0 Å². The molecule has 1 saturated heterocycles. The van der Waals surface area contributed by atoms with Crippen molar-refractivity contribution >= 4 is 5.97 Å². The smallest absolute Gasteiger partial charge is 0.307 e. The summed E-state index contributed by atoms with van der Waals surface area (Å²) in [6.45, 7) is 24.5. The number of allylic oxidation sites excluding steroid dienone is 1. The Labute approximate surface area is 277 Å². The van der Waals surface area contributed by atoms with Crippen molar-refractivity contribution < 1.29 is 19.4 Å². The first-order valence-electron chi connectivity index (χ1n) is 18.1. The average molecular weight is 639 g/mol. The lowest BCUT2D eigenvalue weighted by molar-refractivity contribution is -0.252. The molecule has 3 N–H and O–H groups in total. The van der Waals surface area contributed by atoms with Crippen molar-refractivity contribution in [2.24, 2.45) is 68.3 Å². The summed E-state index contributed by atoms with van der Waals surface area (Å²) in [6, 6.07) is 0.00434. The lowest BCUT2D eigenvalue weighted by Gasteiger charge is -2.71. The van der Waals surface area contributed by atoms with Crippen LogP contribution in [0.2, 0.25) is 0 Å². The lowest BCUT2D eigenvalue weighted by Crippen LogP contribution is -2.69. The van der Waals surface area contributed by atoms with E-state index in [1.807, 2.05) is 11.0 Å². The summed E-state index contributed by atoms with van der Waals surface area (Å²) in [4.78, 5) is 17.8. The van der Waals surface area contributed by atoms with E-state index in [1.54, 1.807) is 6.33 Å². The van der Waals surface area contributed by atoms with E-state index in [2.05, 4.69) is 80.3 Å². The average Bonchev–Trinajstić information content (AvgIpc) is 3.51. The second-order valence-corrected chi connectivity index (χ2v) is 18.4. The fourth-order valence-corrected chi connectivity index (χ4v) is 12.0. The fraction of sp³-hybridized carbons (Fsp3) is 0.868. The summed E-state index contributed by atoms with van der Waals surface area (Å²) < 4.78 is 15.7. The molecular weight excluding hydrogens is 576 g/mol. The van der Waals surface area contributed by atoms with Crippen molar-refractivity contribution in [2.75, 3.05) is 19.8 Å². The monoisotopic (exact) mass is 638 g/mol. The molecule has 0 radical (unpaired) electrons. The SMILES string of the molecule is CC(C)[C@@H](C)[C@@]1(C)CC[C@]2(C)[C@H]3CC[C@@H]4C5(COC[C@]4(C)[C@@H](OC[C@@](C)(N)C(C)C)[C@H](n4cncn4)C5)C3=CC[C@@]2(C)[C@@H]1C(=O)O. The predicted molar refractivity (Wildman–Crippen MR) is 180 cm³/mol. The highest BCUT2D eigenvalue weighted by Crippen LogP contribution is 2.75. The first kappa shape index (κ1) is 34.1. The Morgan fingerprint density at radius 3 is 2.46 bits per heavy atom. The molecule has 6 rings (SSSR count). The topological polar surface area (TPSA) is 112 Å². The van der Waals surface area contributed by atoms with Crippen LogP contribution in [0.4, 0.5) is 0 Å². The molecule has 2 bridgehead atoms. The number of carboxylic acids is 1. The number of aromatic nitrogens is 3. The number of aliphatic carboxylic acids is 1. The quantitative estimate of drug-likeness (QED) is 0.291. The van der Waals surface area contributed by atoms with Crippen LogP contribution in [0.5, 0.6) is 0 Å². The number of fused-ring (bicyclic) bond motifs is 3. The normalized spacial score (nSPS) is 45.7. The van der Waals surface area contributed by atoms with E-state index in [1.165, 1.54) is 5.57 Å². The van der Waals surface area contributed by atoms with Crippen molar-refractivity contribution in [2.45, 2.75) is 125 Å². The van der Waals surface area contributed by atoms with Gasteiger partial charge in [-0.2, -0.15) is 5.10 Å². The molecule has 4 fully saturated rings. The molecule has 12 atom stereocenters. The predicted octanol–water partition coefficient (Wildman–Crippen LogP) is 7.17. The number of carbonyl (C=O) groups is 1. The maximum absolute atomic E-state index is 13.4. The highest BCUT2D eigenvalue weighted by atomic mass is 16.5. The molecule has 0 aromatic carbocycles. The first-order valence-corrected chi connectivity index (χ1v) is 18.1. The largest absolute Gasteiger partial charge is 0.481 e. The zero-order valence-electron chi connectivity index (χ0n) is 30.3. The van der Waals surface area contributed by atoms with Gasteiger partial charge in [-0.25, -0.2) is 9.67 Å². The van der Waals surface area contributed by atoms with Gasteiger partial charge in [0.1, 0.15) is 12.7 Å². The van der Waals surface area contributed by atoms with E-state index in [4.69, 9.17) is 20.3 Å². The third kappa shape index (κ3) is 4.58. The molecule has 1 aromatic heterocycles. The summed E-state index contributed by atoms with van der Waals surface area (Å²) >= 11 is 0. The Bertz CT molecular complexity index is 1340. The number of nitrogens with zero attached hydrogens (tertiary/aromatic N) is 3. The van der Waals surface area contributed by atoms with Crippen LogP contribution in [-0.2, 0) is 14.3 Å². The molecular formula is C38H62N4O4. The standard InChI is InChI=1S/C38H62N4O4/c1-23(2)25(5)33(6)15-16-35(8)26-11-12-29-34(7)18-45-20-38(29,27(26)13-14-36(35,9)30(33)32(43)44)17-28(42-22-40-21-41-42)31(34)46-19-37(10,39)24(3)4/h13,21-26,28-31H,11-12,14-20,39H2,1-10H3,(H,43,44)/t25-,26+,28-,29+,30-,31+,33-,34+,35-,36+,37-,38?/m1/s1. The molecule has 1 aromatic rings. The van der Waals surface area contributed by atoms with Crippen molar-refractivity contribution in [1.29, 1.82) is 0 Å². The van der Waals surface area contributed by atoms with Crippen molar-refractivity contribution in [3.05, 3.63) is 24.3 Å². The number of nitrogens with two attached hydrogens (primary N) is 1. The zero-order chi connectivity index (χ0) is 33.7. The van der Waals surface area contributed by atoms with Crippen molar-refractivity contribution in [1.82, 2.24) is 14.8 Å². The summed E-state index contributed by atoms with van der Waals surface area (Å²) in [5, 5.41) is 15.7. The minimum Gasteiger partial charge on any atom is -0.481 e.